The number of carboxylic acid groups (broad SMARTS) is 1. The van der Waals surface area contributed by atoms with E-state index in [1.165, 1.54) is 0 Å². The topological polar surface area (TPSA) is 42.2 Å². The zero-order valence-corrected chi connectivity index (χ0v) is 9.35. The van der Waals surface area contributed by atoms with Crippen LogP contribution >= 0.6 is 0 Å². The molecule has 0 spiro atoms. The predicted octanol–water partition coefficient (Wildman–Crippen LogP) is 3.55. The molecule has 0 saturated heterocycles. The number of alkyl halides is 6. The highest BCUT2D eigenvalue weighted by Crippen LogP contribution is 2.33. The fraction of sp³-hybridized carbons (Fsp3) is 0.500. The van der Waals surface area contributed by atoms with Crippen molar-refractivity contribution in [2.45, 2.75) is 31.7 Å². The maximum atomic E-state index is 12.5. The highest BCUT2D eigenvalue weighted by atomic mass is 19.4. The van der Waals surface area contributed by atoms with E-state index in [1.807, 2.05) is 0 Å². The average Bonchev–Trinajstić information content (AvgIpc) is 2.59. The molecule has 1 rings (SSSR count). The Morgan fingerprint density at radius 3 is 2.11 bits per heavy atom. The van der Waals surface area contributed by atoms with Gasteiger partial charge in [0.1, 0.15) is 0 Å². The first kappa shape index (κ1) is 15.4. The lowest BCUT2D eigenvalue weighted by atomic mass is 10.2. The highest BCUT2D eigenvalue weighted by molar-refractivity contribution is 5.89. The maximum Gasteiger partial charge on any atom is 0.418 e. The normalized spacial score (nSPS) is 12.7. The number of hydrogen-bond donors (Lipinski definition) is 1. The van der Waals surface area contributed by atoms with Gasteiger partial charge in [-0.05, 0) is 6.42 Å². The summed E-state index contributed by atoms with van der Waals surface area (Å²) in [5, 5.41) is 8.60. The molecule has 0 amide bonds. The fourth-order valence-electron chi connectivity index (χ4n) is 1.50. The summed E-state index contributed by atoms with van der Waals surface area (Å²) >= 11 is 0. The van der Waals surface area contributed by atoms with Crippen LogP contribution in [0.2, 0.25) is 0 Å². The van der Waals surface area contributed by atoms with Crippen LogP contribution in [0.5, 0.6) is 0 Å². The van der Waals surface area contributed by atoms with E-state index in [-0.39, 0.29) is 6.54 Å². The van der Waals surface area contributed by atoms with Crippen molar-refractivity contribution in [2.24, 2.45) is 0 Å². The molecule has 1 aromatic rings. The van der Waals surface area contributed by atoms with Crippen LogP contribution < -0.4 is 0 Å². The van der Waals surface area contributed by atoms with Crippen LogP contribution in [0.15, 0.2) is 12.4 Å². The number of rotatable bonds is 4. The first-order chi connectivity index (χ1) is 8.50. The van der Waals surface area contributed by atoms with Gasteiger partial charge in [-0.2, -0.15) is 26.3 Å². The first-order valence-electron chi connectivity index (χ1n) is 5.08. The number of aryl methyl sites for hydroxylation is 1. The number of nitrogens with zero attached hydrogens (tertiary/aromatic N) is 1. The summed E-state index contributed by atoms with van der Waals surface area (Å²) in [4.78, 5) is 10.6. The Hall–Kier alpha value is -1.67. The molecule has 0 atom stereocenters. The Morgan fingerprint density at radius 2 is 1.74 bits per heavy atom. The summed E-state index contributed by atoms with van der Waals surface area (Å²) in [6.07, 6.45) is -9.64. The third kappa shape index (κ3) is 4.49. The van der Waals surface area contributed by atoms with Gasteiger partial charge in [0.15, 0.2) is 0 Å². The van der Waals surface area contributed by atoms with Gasteiger partial charge in [0.05, 0.1) is 11.1 Å². The standard InChI is InChI=1S/C10H9F6NO2/c11-9(12,13)2-1-3-17-4-6(8(18)19)7(5-17)10(14,15)16/h4-5H,1-3H2,(H,18,19). The van der Waals surface area contributed by atoms with Crippen LogP contribution in [0.25, 0.3) is 0 Å². The molecule has 1 heterocycles. The Kier molecular flexibility index (Phi) is 4.16. The molecule has 108 valence electrons. The second-order valence-electron chi connectivity index (χ2n) is 3.85. The van der Waals surface area contributed by atoms with Gasteiger partial charge >= 0.3 is 18.3 Å². The van der Waals surface area contributed by atoms with Gasteiger partial charge in [0, 0.05) is 25.4 Å². The molecule has 0 radical (unpaired) electrons. The van der Waals surface area contributed by atoms with Crippen molar-refractivity contribution < 1.29 is 36.2 Å². The minimum Gasteiger partial charge on any atom is -0.478 e. The highest BCUT2D eigenvalue weighted by Gasteiger charge is 2.37. The third-order valence-corrected chi connectivity index (χ3v) is 2.29. The van der Waals surface area contributed by atoms with Crippen LogP contribution in [-0.2, 0) is 12.7 Å². The zero-order valence-electron chi connectivity index (χ0n) is 9.35. The minimum absolute atomic E-state index is 0.337. The minimum atomic E-state index is -4.86. The van der Waals surface area contributed by atoms with Gasteiger partial charge in [0.2, 0.25) is 0 Å². The molecule has 1 aromatic heterocycles. The molecule has 0 aliphatic heterocycles. The number of aromatic nitrogens is 1. The van der Waals surface area contributed by atoms with E-state index in [9.17, 15) is 31.1 Å². The van der Waals surface area contributed by atoms with Gasteiger partial charge in [-0.15, -0.1) is 0 Å². The molecule has 0 aromatic carbocycles. The summed E-state index contributed by atoms with van der Waals surface area (Å²) in [6, 6.07) is 0. The molecule has 1 N–H and O–H groups in total. The second kappa shape index (κ2) is 5.14. The monoisotopic (exact) mass is 289 g/mol. The first-order valence-corrected chi connectivity index (χ1v) is 5.08. The van der Waals surface area contributed by atoms with Crippen molar-refractivity contribution >= 4 is 5.97 Å². The van der Waals surface area contributed by atoms with Crippen LogP contribution in [-0.4, -0.2) is 21.8 Å². The fourth-order valence-corrected chi connectivity index (χ4v) is 1.50. The van der Waals surface area contributed by atoms with Crippen LogP contribution in [0.3, 0.4) is 0 Å². The van der Waals surface area contributed by atoms with Gasteiger partial charge < -0.3 is 9.67 Å². The van der Waals surface area contributed by atoms with E-state index in [0.29, 0.717) is 12.4 Å². The number of carboxylic acids is 1. The largest absolute Gasteiger partial charge is 0.478 e. The van der Waals surface area contributed by atoms with Gasteiger partial charge in [-0.3, -0.25) is 0 Å². The lowest BCUT2D eigenvalue weighted by molar-refractivity contribution is -0.138. The molecular formula is C10H9F6NO2. The summed E-state index contributed by atoms with van der Waals surface area (Å²) in [7, 11) is 0. The van der Waals surface area contributed by atoms with E-state index >= 15 is 0 Å². The molecule has 0 aliphatic rings. The molecule has 0 bridgehead atoms. The number of hydrogen-bond acceptors (Lipinski definition) is 1. The number of aromatic carboxylic acids is 1. The molecule has 0 aliphatic carbocycles. The van der Waals surface area contributed by atoms with Crippen molar-refractivity contribution in [1.29, 1.82) is 0 Å². The molecule has 19 heavy (non-hydrogen) atoms. The lowest BCUT2D eigenvalue weighted by Gasteiger charge is -2.06. The van der Waals surface area contributed by atoms with E-state index in [4.69, 9.17) is 5.11 Å². The van der Waals surface area contributed by atoms with E-state index in [2.05, 4.69) is 0 Å². The molecular weight excluding hydrogens is 280 g/mol. The van der Waals surface area contributed by atoms with Crippen molar-refractivity contribution in [3.05, 3.63) is 23.5 Å². The smallest absolute Gasteiger partial charge is 0.418 e. The average molecular weight is 289 g/mol. The third-order valence-electron chi connectivity index (χ3n) is 2.29. The Bertz CT molecular complexity index is 460. The Balaban J connectivity index is 2.85. The van der Waals surface area contributed by atoms with Crippen molar-refractivity contribution in [3.63, 3.8) is 0 Å². The summed E-state index contributed by atoms with van der Waals surface area (Å²) in [5.74, 6) is -1.78. The van der Waals surface area contributed by atoms with Crippen LogP contribution in [0, 0.1) is 0 Å². The quantitative estimate of drug-likeness (QED) is 0.861. The molecule has 0 fully saturated rings. The summed E-state index contributed by atoms with van der Waals surface area (Å²) in [6.45, 7) is -0.337. The number of halogens is 6. The second-order valence-corrected chi connectivity index (χ2v) is 3.85. The summed E-state index contributed by atoms with van der Waals surface area (Å²) < 4.78 is 73.9. The van der Waals surface area contributed by atoms with Crippen LogP contribution in [0.1, 0.15) is 28.8 Å². The zero-order chi connectivity index (χ0) is 14.8. The lowest BCUT2D eigenvalue weighted by Crippen LogP contribution is -2.10. The van der Waals surface area contributed by atoms with E-state index < -0.39 is 42.3 Å². The van der Waals surface area contributed by atoms with Crippen LogP contribution in [0.4, 0.5) is 26.3 Å². The molecule has 3 nitrogen and oxygen atoms in total. The molecule has 9 heteroatoms. The van der Waals surface area contributed by atoms with E-state index in [0.717, 1.165) is 4.57 Å². The maximum absolute atomic E-state index is 12.5. The number of carbonyl (C=O) groups is 1. The van der Waals surface area contributed by atoms with Crippen molar-refractivity contribution in [3.8, 4) is 0 Å². The predicted molar refractivity (Wildman–Crippen MR) is 51.7 cm³/mol. The SMILES string of the molecule is O=C(O)c1cn(CCCC(F)(F)F)cc1C(F)(F)F. The van der Waals surface area contributed by atoms with Gasteiger partial charge in [-0.25, -0.2) is 4.79 Å². The van der Waals surface area contributed by atoms with Gasteiger partial charge in [-0.1, -0.05) is 0 Å². The van der Waals surface area contributed by atoms with Crippen molar-refractivity contribution in [2.75, 3.05) is 0 Å². The van der Waals surface area contributed by atoms with E-state index in [1.54, 1.807) is 0 Å². The molecule has 0 saturated carbocycles. The van der Waals surface area contributed by atoms with Gasteiger partial charge in [0.25, 0.3) is 0 Å². The van der Waals surface area contributed by atoms with Crippen molar-refractivity contribution in [1.82, 2.24) is 4.57 Å². The molecule has 0 unspecified atom stereocenters. The summed E-state index contributed by atoms with van der Waals surface area (Å²) in [5.41, 5.74) is -2.34. The Morgan fingerprint density at radius 1 is 1.16 bits per heavy atom. The Labute approximate surface area is 103 Å².